The molecule has 2 N–H and O–H groups in total. The lowest BCUT2D eigenvalue weighted by Gasteiger charge is -2.12. The minimum absolute atomic E-state index is 0.298. The summed E-state index contributed by atoms with van der Waals surface area (Å²) >= 11 is 0. The second kappa shape index (κ2) is 5.75. The molecule has 0 aromatic heterocycles. The molecule has 0 heterocycles. The average Bonchev–Trinajstić information content (AvgIpc) is 1.86. The van der Waals surface area contributed by atoms with Gasteiger partial charge in [0.15, 0.2) is 0 Å². The molecule has 62 valence electrons. The molecule has 1 amide bonds. The topological polar surface area (TPSA) is 46.3 Å². The van der Waals surface area contributed by atoms with E-state index in [1.54, 1.807) is 0 Å². The van der Waals surface area contributed by atoms with Crippen LogP contribution < -0.4 is 5.73 Å². The van der Waals surface area contributed by atoms with Gasteiger partial charge in [-0.1, -0.05) is 0 Å². The van der Waals surface area contributed by atoms with E-state index in [1.165, 1.54) is 0 Å². The molecule has 0 atom stereocenters. The number of likely N-dealkylation sites (N-methyl/N-ethyl adjacent to an activating group) is 1. The van der Waals surface area contributed by atoms with Gasteiger partial charge in [0.2, 0.25) is 5.91 Å². The standard InChI is InChI=1S/C8H14N2O/c1-3-4-5-6-10(2)7-8(9)11/h1H,4-7H2,2H3,(H2,9,11). The smallest absolute Gasteiger partial charge is 0.231 e. The summed E-state index contributed by atoms with van der Waals surface area (Å²) in [4.78, 5) is 12.2. The Bertz CT molecular complexity index is 160. The predicted octanol–water partition coefficient (Wildman–Crippen LogP) is -0.183. The van der Waals surface area contributed by atoms with Gasteiger partial charge in [-0.05, 0) is 20.0 Å². The fourth-order valence-electron chi connectivity index (χ4n) is 0.796. The van der Waals surface area contributed by atoms with Gasteiger partial charge in [-0.25, -0.2) is 0 Å². The van der Waals surface area contributed by atoms with E-state index < -0.39 is 0 Å². The van der Waals surface area contributed by atoms with Crippen molar-refractivity contribution in [2.45, 2.75) is 12.8 Å². The van der Waals surface area contributed by atoms with Crippen LogP contribution in [0.3, 0.4) is 0 Å². The molecule has 0 radical (unpaired) electrons. The molecule has 3 heteroatoms. The number of unbranched alkanes of at least 4 members (excludes halogenated alkanes) is 1. The van der Waals surface area contributed by atoms with E-state index in [0.29, 0.717) is 6.54 Å². The van der Waals surface area contributed by atoms with Crippen LogP contribution in [0.4, 0.5) is 0 Å². The first-order valence-corrected chi connectivity index (χ1v) is 3.57. The van der Waals surface area contributed by atoms with E-state index in [2.05, 4.69) is 5.92 Å². The number of amides is 1. The van der Waals surface area contributed by atoms with Crippen molar-refractivity contribution in [1.29, 1.82) is 0 Å². The Balaban J connectivity index is 3.31. The lowest BCUT2D eigenvalue weighted by atomic mass is 10.3. The minimum atomic E-state index is -0.298. The molecule has 0 rings (SSSR count). The minimum Gasteiger partial charge on any atom is -0.369 e. The number of hydrogen-bond acceptors (Lipinski definition) is 2. The fraction of sp³-hybridized carbons (Fsp3) is 0.625. The number of carbonyl (C=O) groups excluding carboxylic acids is 1. The third-order valence-corrected chi connectivity index (χ3v) is 1.29. The van der Waals surface area contributed by atoms with Crippen LogP contribution in [0.1, 0.15) is 12.8 Å². The highest BCUT2D eigenvalue weighted by Gasteiger charge is 2.00. The van der Waals surface area contributed by atoms with Gasteiger partial charge in [0.1, 0.15) is 0 Å². The number of nitrogens with zero attached hydrogens (tertiary/aromatic N) is 1. The summed E-state index contributed by atoms with van der Waals surface area (Å²) in [6.45, 7) is 1.14. The van der Waals surface area contributed by atoms with Crippen LogP contribution in [-0.2, 0) is 4.79 Å². The summed E-state index contributed by atoms with van der Waals surface area (Å²) in [5.41, 5.74) is 4.98. The lowest BCUT2D eigenvalue weighted by molar-refractivity contribution is -0.118. The van der Waals surface area contributed by atoms with Crippen LogP contribution in [0, 0.1) is 12.3 Å². The van der Waals surface area contributed by atoms with Crippen LogP contribution in [0.5, 0.6) is 0 Å². The number of rotatable bonds is 5. The number of hydrogen-bond donors (Lipinski definition) is 1. The summed E-state index contributed by atoms with van der Waals surface area (Å²) in [7, 11) is 1.85. The van der Waals surface area contributed by atoms with Gasteiger partial charge >= 0.3 is 0 Å². The molecule has 0 aliphatic heterocycles. The maximum absolute atomic E-state index is 10.4. The third kappa shape index (κ3) is 6.88. The Kier molecular flexibility index (Phi) is 5.22. The predicted molar refractivity (Wildman–Crippen MR) is 44.8 cm³/mol. The molecule has 0 aromatic carbocycles. The highest BCUT2D eigenvalue weighted by molar-refractivity contribution is 5.75. The molecule has 0 bridgehead atoms. The van der Waals surface area contributed by atoms with Gasteiger partial charge < -0.3 is 5.73 Å². The summed E-state index contributed by atoms with van der Waals surface area (Å²) in [6.07, 6.45) is 6.73. The number of primary amides is 1. The van der Waals surface area contributed by atoms with Crippen LogP contribution >= 0.6 is 0 Å². The molecule has 0 spiro atoms. The van der Waals surface area contributed by atoms with E-state index in [0.717, 1.165) is 19.4 Å². The van der Waals surface area contributed by atoms with Gasteiger partial charge in [0, 0.05) is 6.42 Å². The Hall–Kier alpha value is -1.01. The van der Waals surface area contributed by atoms with Gasteiger partial charge in [-0.3, -0.25) is 9.69 Å². The van der Waals surface area contributed by atoms with Crippen molar-refractivity contribution in [3.8, 4) is 12.3 Å². The summed E-state index contributed by atoms with van der Waals surface area (Å²) in [5.74, 6) is 2.24. The van der Waals surface area contributed by atoms with Crippen molar-refractivity contribution in [3.05, 3.63) is 0 Å². The zero-order valence-electron chi connectivity index (χ0n) is 6.84. The van der Waals surface area contributed by atoms with Crippen molar-refractivity contribution in [1.82, 2.24) is 4.90 Å². The molecule has 0 fully saturated rings. The lowest BCUT2D eigenvalue weighted by Crippen LogP contribution is -2.31. The molecule has 11 heavy (non-hydrogen) atoms. The Morgan fingerprint density at radius 2 is 2.36 bits per heavy atom. The van der Waals surface area contributed by atoms with Crippen LogP contribution in [0.2, 0.25) is 0 Å². The average molecular weight is 154 g/mol. The van der Waals surface area contributed by atoms with E-state index in [1.807, 2.05) is 11.9 Å². The molecule has 0 unspecified atom stereocenters. The first-order chi connectivity index (χ1) is 5.16. The van der Waals surface area contributed by atoms with Crippen LogP contribution in [0.25, 0.3) is 0 Å². The Morgan fingerprint density at radius 3 is 2.82 bits per heavy atom. The van der Waals surface area contributed by atoms with E-state index in [-0.39, 0.29) is 5.91 Å². The zero-order valence-corrected chi connectivity index (χ0v) is 6.84. The fourth-order valence-corrected chi connectivity index (χ4v) is 0.796. The monoisotopic (exact) mass is 154 g/mol. The Labute approximate surface area is 67.6 Å². The van der Waals surface area contributed by atoms with E-state index in [9.17, 15) is 4.79 Å². The largest absolute Gasteiger partial charge is 0.369 e. The maximum atomic E-state index is 10.4. The second-order valence-corrected chi connectivity index (χ2v) is 2.51. The van der Waals surface area contributed by atoms with Crippen molar-refractivity contribution in [2.75, 3.05) is 20.1 Å². The molecular formula is C8H14N2O. The van der Waals surface area contributed by atoms with Crippen molar-refractivity contribution >= 4 is 5.91 Å². The Morgan fingerprint density at radius 1 is 1.73 bits per heavy atom. The number of terminal acetylenes is 1. The van der Waals surface area contributed by atoms with E-state index in [4.69, 9.17) is 12.2 Å². The molecule has 0 aliphatic rings. The highest BCUT2D eigenvalue weighted by atomic mass is 16.1. The number of nitrogens with two attached hydrogens (primary N) is 1. The van der Waals surface area contributed by atoms with Crippen molar-refractivity contribution < 1.29 is 4.79 Å². The number of carbonyl (C=O) groups is 1. The van der Waals surface area contributed by atoms with Crippen molar-refractivity contribution in [2.24, 2.45) is 5.73 Å². The SMILES string of the molecule is C#CCCCN(C)CC(N)=O. The third-order valence-electron chi connectivity index (χ3n) is 1.29. The quantitative estimate of drug-likeness (QED) is 0.441. The van der Waals surface area contributed by atoms with Crippen LogP contribution in [-0.4, -0.2) is 30.9 Å². The normalized spacial score (nSPS) is 9.55. The molecule has 0 saturated heterocycles. The van der Waals surface area contributed by atoms with Gasteiger partial charge in [-0.15, -0.1) is 12.3 Å². The summed E-state index contributed by atoms with van der Waals surface area (Å²) in [5, 5.41) is 0. The van der Waals surface area contributed by atoms with Crippen LogP contribution in [0.15, 0.2) is 0 Å². The zero-order chi connectivity index (χ0) is 8.69. The van der Waals surface area contributed by atoms with Gasteiger partial charge in [0.05, 0.1) is 6.54 Å². The summed E-state index contributed by atoms with van der Waals surface area (Å²) < 4.78 is 0. The molecule has 0 aromatic rings. The maximum Gasteiger partial charge on any atom is 0.231 e. The molecule has 0 saturated carbocycles. The molecule has 0 aliphatic carbocycles. The highest BCUT2D eigenvalue weighted by Crippen LogP contribution is 1.89. The van der Waals surface area contributed by atoms with Gasteiger partial charge in [0.25, 0.3) is 0 Å². The first-order valence-electron chi connectivity index (χ1n) is 3.57. The van der Waals surface area contributed by atoms with Gasteiger partial charge in [-0.2, -0.15) is 0 Å². The van der Waals surface area contributed by atoms with E-state index >= 15 is 0 Å². The second-order valence-electron chi connectivity index (χ2n) is 2.51. The summed E-state index contributed by atoms with van der Waals surface area (Å²) in [6, 6.07) is 0. The first kappa shape index (κ1) is 9.99. The molecular weight excluding hydrogens is 140 g/mol. The van der Waals surface area contributed by atoms with Crippen molar-refractivity contribution in [3.63, 3.8) is 0 Å². The molecule has 3 nitrogen and oxygen atoms in total.